The van der Waals surface area contributed by atoms with Gasteiger partial charge in [0.1, 0.15) is 17.3 Å². The number of fused-ring (bicyclic) bond motifs is 1. The Morgan fingerprint density at radius 1 is 1.06 bits per heavy atom. The van der Waals surface area contributed by atoms with Crippen molar-refractivity contribution in [3.05, 3.63) is 83.3 Å². The molecule has 4 aromatic rings. The molecule has 0 aliphatic rings. The number of methoxy groups -OCH3 is 1. The Labute approximate surface area is 203 Å². The van der Waals surface area contributed by atoms with Crippen molar-refractivity contribution < 1.29 is 18.7 Å². The van der Waals surface area contributed by atoms with Crippen LogP contribution in [-0.4, -0.2) is 35.8 Å². The zero-order chi connectivity index (χ0) is 24.2. The van der Waals surface area contributed by atoms with Crippen LogP contribution in [0.2, 0.25) is 5.02 Å². The summed E-state index contributed by atoms with van der Waals surface area (Å²) in [6.45, 7) is 5.49. The van der Waals surface area contributed by atoms with Gasteiger partial charge in [0, 0.05) is 42.3 Å². The minimum atomic E-state index is -0.505. The van der Waals surface area contributed by atoms with Gasteiger partial charge in [-0.15, -0.1) is 0 Å². The van der Waals surface area contributed by atoms with Gasteiger partial charge in [0.15, 0.2) is 0 Å². The molecule has 0 atom stereocenters. The summed E-state index contributed by atoms with van der Waals surface area (Å²) in [5, 5.41) is 0.877. The van der Waals surface area contributed by atoms with Crippen molar-refractivity contribution in [3.8, 4) is 22.6 Å². The first-order valence-electron chi connectivity index (χ1n) is 11.1. The molecule has 0 saturated heterocycles. The minimum absolute atomic E-state index is 0.00587. The molecule has 0 unspecified atom stereocenters. The van der Waals surface area contributed by atoms with Gasteiger partial charge in [0.2, 0.25) is 0 Å². The Kier molecular flexibility index (Phi) is 7.08. The van der Waals surface area contributed by atoms with Crippen LogP contribution in [0, 0.1) is 5.82 Å². The summed E-state index contributed by atoms with van der Waals surface area (Å²) < 4.78 is 27.2. The van der Waals surface area contributed by atoms with Gasteiger partial charge in [0.05, 0.1) is 12.1 Å². The number of benzene rings is 3. The van der Waals surface area contributed by atoms with Gasteiger partial charge >= 0.3 is 6.09 Å². The number of hydrogen-bond donors (Lipinski definition) is 0. The summed E-state index contributed by atoms with van der Waals surface area (Å²) in [5.41, 5.74) is 3.38. The van der Waals surface area contributed by atoms with Gasteiger partial charge in [0.25, 0.3) is 0 Å². The van der Waals surface area contributed by atoms with E-state index in [1.807, 2.05) is 56.4 Å². The van der Waals surface area contributed by atoms with Crippen LogP contribution in [0.3, 0.4) is 0 Å². The largest absolute Gasteiger partial charge is 0.497 e. The molecule has 1 heterocycles. The van der Waals surface area contributed by atoms with E-state index >= 15 is 0 Å². The summed E-state index contributed by atoms with van der Waals surface area (Å²) in [4.78, 5) is 14.3. The van der Waals surface area contributed by atoms with Crippen LogP contribution >= 0.6 is 11.6 Å². The number of aromatic nitrogens is 1. The molecular formula is C27H26ClFN2O3. The summed E-state index contributed by atoms with van der Waals surface area (Å²) in [7, 11) is 1.64. The minimum Gasteiger partial charge on any atom is -0.497 e. The first-order chi connectivity index (χ1) is 16.4. The Bertz CT molecular complexity index is 1330. The number of carbonyl (C=O) groups is 1. The molecule has 0 spiro atoms. The summed E-state index contributed by atoms with van der Waals surface area (Å²) >= 11 is 6.10. The molecule has 0 fully saturated rings. The zero-order valence-electron chi connectivity index (χ0n) is 19.3. The summed E-state index contributed by atoms with van der Waals surface area (Å²) in [6, 6.07) is 18.1. The van der Waals surface area contributed by atoms with Crippen LogP contribution in [-0.2, 0) is 6.54 Å². The number of nitrogens with zero attached hydrogens (tertiary/aromatic N) is 2. The molecule has 0 saturated carbocycles. The third kappa shape index (κ3) is 4.73. The lowest BCUT2D eigenvalue weighted by atomic mass is 10.0. The maximum Gasteiger partial charge on any atom is 0.415 e. The second-order valence-corrected chi connectivity index (χ2v) is 8.24. The molecule has 176 valence electrons. The lowest BCUT2D eigenvalue weighted by Crippen LogP contribution is -2.33. The monoisotopic (exact) mass is 480 g/mol. The van der Waals surface area contributed by atoms with E-state index in [0.29, 0.717) is 36.5 Å². The highest BCUT2D eigenvalue weighted by Gasteiger charge is 2.20. The molecule has 4 rings (SSSR count). The fourth-order valence-corrected chi connectivity index (χ4v) is 4.21. The third-order valence-electron chi connectivity index (χ3n) is 5.83. The average Bonchev–Trinajstić information content (AvgIpc) is 3.24. The molecule has 34 heavy (non-hydrogen) atoms. The van der Waals surface area contributed by atoms with Crippen molar-refractivity contribution in [1.82, 2.24) is 9.47 Å². The topological polar surface area (TPSA) is 43.7 Å². The smallest absolute Gasteiger partial charge is 0.415 e. The zero-order valence-corrected chi connectivity index (χ0v) is 20.1. The number of carbonyl (C=O) groups excluding carboxylic acids is 1. The van der Waals surface area contributed by atoms with Crippen LogP contribution in [0.5, 0.6) is 11.5 Å². The fraction of sp³-hybridized carbons (Fsp3) is 0.222. The van der Waals surface area contributed by atoms with Crippen molar-refractivity contribution in [3.63, 3.8) is 0 Å². The van der Waals surface area contributed by atoms with Gasteiger partial charge in [-0.1, -0.05) is 29.8 Å². The number of ether oxygens (including phenoxy) is 2. The van der Waals surface area contributed by atoms with Gasteiger partial charge in [-0.05, 0) is 67.4 Å². The van der Waals surface area contributed by atoms with Crippen molar-refractivity contribution in [1.29, 1.82) is 0 Å². The summed E-state index contributed by atoms with van der Waals surface area (Å²) in [5.74, 6) is 0.683. The SMILES string of the molecule is CCN(CC)C(=O)Oc1ccc2c(ccn2Cc2cccc(OC)c2)c1-c1ccc(F)c(Cl)c1. The second kappa shape index (κ2) is 10.2. The quantitative estimate of drug-likeness (QED) is 0.286. The van der Waals surface area contributed by atoms with Crippen LogP contribution < -0.4 is 9.47 Å². The van der Waals surface area contributed by atoms with Crippen LogP contribution in [0.1, 0.15) is 19.4 Å². The highest BCUT2D eigenvalue weighted by atomic mass is 35.5. The Hall–Kier alpha value is -3.51. The highest BCUT2D eigenvalue weighted by molar-refractivity contribution is 6.31. The molecule has 7 heteroatoms. The van der Waals surface area contributed by atoms with E-state index in [1.165, 1.54) is 6.07 Å². The molecule has 0 radical (unpaired) electrons. The van der Waals surface area contributed by atoms with Crippen LogP contribution in [0.25, 0.3) is 22.0 Å². The van der Waals surface area contributed by atoms with Crippen LogP contribution in [0.15, 0.2) is 66.9 Å². The second-order valence-electron chi connectivity index (χ2n) is 7.84. The molecule has 1 aromatic heterocycles. The van der Waals surface area contributed by atoms with Gasteiger partial charge in [-0.3, -0.25) is 0 Å². The van der Waals surface area contributed by atoms with E-state index in [2.05, 4.69) is 4.57 Å². The van der Waals surface area contributed by atoms with Gasteiger partial charge < -0.3 is 18.9 Å². The van der Waals surface area contributed by atoms with E-state index < -0.39 is 11.9 Å². The van der Waals surface area contributed by atoms with E-state index in [1.54, 1.807) is 30.2 Å². The standard InChI is InChI=1S/C27H26ClFN2O3/c1-4-30(5-2)27(32)34-25-12-11-24-21(26(25)19-9-10-23(29)22(28)16-19)13-14-31(24)17-18-7-6-8-20(15-18)33-3/h6-16H,4-5,17H2,1-3H3. The maximum absolute atomic E-state index is 13.9. The van der Waals surface area contributed by atoms with Gasteiger partial charge in [-0.2, -0.15) is 0 Å². The van der Waals surface area contributed by atoms with Gasteiger partial charge in [-0.25, -0.2) is 9.18 Å². The highest BCUT2D eigenvalue weighted by Crippen LogP contribution is 2.39. The van der Waals surface area contributed by atoms with E-state index in [9.17, 15) is 9.18 Å². The van der Waals surface area contributed by atoms with E-state index in [0.717, 1.165) is 22.2 Å². The first-order valence-corrected chi connectivity index (χ1v) is 11.5. The van der Waals surface area contributed by atoms with Crippen molar-refractivity contribution in [2.24, 2.45) is 0 Å². The van der Waals surface area contributed by atoms with Crippen molar-refractivity contribution in [2.75, 3.05) is 20.2 Å². The lowest BCUT2D eigenvalue weighted by Gasteiger charge is -2.20. The Balaban J connectivity index is 1.82. The molecule has 3 aromatic carbocycles. The molecular weight excluding hydrogens is 455 g/mol. The Morgan fingerprint density at radius 2 is 1.85 bits per heavy atom. The number of rotatable bonds is 7. The average molecular weight is 481 g/mol. The number of hydrogen-bond acceptors (Lipinski definition) is 3. The van der Waals surface area contributed by atoms with E-state index in [4.69, 9.17) is 21.1 Å². The fourth-order valence-electron chi connectivity index (χ4n) is 4.03. The molecule has 0 aliphatic heterocycles. The predicted molar refractivity (Wildman–Crippen MR) is 133 cm³/mol. The van der Waals surface area contributed by atoms with E-state index in [-0.39, 0.29) is 5.02 Å². The predicted octanol–water partition coefficient (Wildman–Crippen LogP) is 7.00. The maximum atomic E-state index is 13.9. The normalized spacial score (nSPS) is 11.0. The number of halogens is 2. The molecule has 0 N–H and O–H groups in total. The Morgan fingerprint density at radius 3 is 2.56 bits per heavy atom. The lowest BCUT2D eigenvalue weighted by molar-refractivity contribution is 0.157. The molecule has 0 bridgehead atoms. The molecule has 1 amide bonds. The number of amides is 1. The summed E-state index contributed by atoms with van der Waals surface area (Å²) in [6.07, 6.45) is 1.55. The van der Waals surface area contributed by atoms with Crippen LogP contribution in [0.4, 0.5) is 9.18 Å². The molecule has 0 aliphatic carbocycles. The molecule has 5 nitrogen and oxygen atoms in total. The third-order valence-corrected chi connectivity index (χ3v) is 6.12. The van der Waals surface area contributed by atoms with Crippen molar-refractivity contribution in [2.45, 2.75) is 20.4 Å². The first kappa shape index (κ1) is 23.6. The van der Waals surface area contributed by atoms with Crippen molar-refractivity contribution >= 4 is 28.6 Å².